The van der Waals surface area contributed by atoms with E-state index in [1.807, 2.05) is 43.0 Å². The standard InChI is InChI=1S/C29H28ClN5OS/c1-20(32-33-24-10-11-31-25-19-22(30)7-8-23(24)25)21-6-9-29-27(18-21)35(13-12-34-14-16-36-17-15-34)26-4-2-3-5-28(26)37-29/h2-11,18-19H,12-17H2,1H3,(H,31,33)/b32-20+. The number of nitrogens with one attached hydrogen (secondary N) is 1. The lowest BCUT2D eigenvalue weighted by molar-refractivity contribution is 0.0394. The smallest absolute Gasteiger partial charge is 0.0738 e. The monoisotopic (exact) mass is 529 g/mol. The number of rotatable bonds is 6. The molecule has 0 amide bonds. The zero-order valence-corrected chi connectivity index (χ0v) is 22.2. The Balaban J connectivity index is 1.28. The fourth-order valence-electron chi connectivity index (χ4n) is 4.79. The van der Waals surface area contributed by atoms with Gasteiger partial charge in [-0.25, -0.2) is 0 Å². The Morgan fingerprint density at radius 2 is 1.84 bits per heavy atom. The molecule has 0 atom stereocenters. The Morgan fingerprint density at radius 1 is 1.00 bits per heavy atom. The van der Waals surface area contributed by atoms with E-state index in [-0.39, 0.29) is 0 Å². The summed E-state index contributed by atoms with van der Waals surface area (Å²) in [5, 5.41) is 6.39. The number of aromatic nitrogens is 1. The zero-order valence-electron chi connectivity index (χ0n) is 20.7. The summed E-state index contributed by atoms with van der Waals surface area (Å²) >= 11 is 7.98. The van der Waals surface area contributed by atoms with Crippen molar-refractivity contribution in [1.82, 2.24) is 9.88 Å². The first-order chi connectivity index (χ1) is 18.2. The highest BCUT2D eigenvalue weighted by Gasteiger charge is 2.24. The van der Waals surface area contributed by atoms with Crippen LogP contribution in [-0.4, -0.2) is 55.0 Å². The molecule has 1 aromatic heterocycles. The van der Waals surface area contributed by atoms with Gasteiger partial charge in [-0.15, -0.1) is 0 Å². The van der Waals surface area contributed by atoms with E-state index >= 15 is 0 Å². The van der Waals surface area contributed by atoms with E-state index in [2.05, 4.69) is 62.7 Å². The molecule has 3 heterocycles. The molecule has 0 spiro atoms. The first-order valence-corrected chi connectivity index (χ1v) is 13.7. The number of fused-ring (bicyclic) bond motifs is 3. The lowest BCUT2D eigenvalue weighted by atomic mass is 10.1. The average molecular weight is 530 g/mol. The summed E-state index contributed by atoms with van der Waals surface area (Å²) in [6.07, 6.45) is 1.77. The Bertz CT molecular complexity index is 1470. The summed E-state index contributed by atoms with van der Waals surface area (Å²) in [4.78, 5) is 11.9. The number of halogens is 1. The Morgan fingerprint density at radius 3 is 2.73 bits per heavy atom. The average Bonchev–Trinajstić information content (AvgIpc) is 2.94. The molecule has 2 aliphatic rings. The quantitative estimate of drug-likeness (QED) is 0.223. The van der Waals surface area contributed by atoms with Gasteiger partial charge in [0, 0.05) is 52.6 Å². The van der Waals surface area contributed by atoms with Crippen molar-refractivity contribution in [2.45, 2.75) is 16.7 Å². The predicted molar refractivity (Wildman–Crippen MR) is 154 cm³/mol. The molecule has 1 saturated heterocycles. The lowest BCUT2D eigenvalue weighted by Gasteiger charge is -2.35. The van der Waals surface area contributed by atoms with Crippen molar-refractivity contribution in [3.8, 4) is 0 Å². The lowest BCUT2D eigenvalue weighted by Crippen LogP contribution is -2.41. The molecule has 188 valence electrons. The number of hydrogen-bond donors (Lipinski definition) is 1. The minimum absolute atomic E-state index is 0.670. The second-order valence-corrected chi connectivity index (χ2v) is 10.7. The molecule has 37 heavy (non-hydrogen) atoms. The molecule has 1 N–H and O–H groups in total. The number of para-hydroxylation sites is 1. The van der Waals surface area contributed by atoms with Crippen molar-refractivity contribution in [1.29, 1.82) is 0 Å². The van der Waals surface area contributed by atoms with Crippen LogP contribution in [0, 0.1) is 0 Å². The van der Waals surface area contributed by atoms with E-state index in [0.29, 0.717) is 5.02 Å². The van der Waals surface area contributed by atoms with Gasteiger partial charge in [0.1, 0.15) is 0 Å². The van der Waals surface area contributed by atoms with Gasteiger partial charge in [0.25, 0.3) is 0 Å². The van der Waals surface area contributed by atoms with Crippen LogP contribution in [0.25, 0.3) is 10.9 Å². The van der Waals surface area contributed by atoms with Crippen molar-refractivity contribution >= 4 is 57.0 Å². The summed E-state index contributed by atoms with van der Waals surface area (Å²) in [6, 6.07) is 23.0. The van der Waals surface area contributed by atoms with Crippen molar-refractivity contribution in [3.05, 3.63) is 83.5 Å². The molecule has 3 aromatic carbocycles. The van der Waals surface area contributed by atoms with Gasteiger partial charge in [-0.05, 0) is 61.0 Å². The number of morpholine rings is 1. The normalized spacial score (nSPS) is 15.9. The largest absolute Gasteiger partial charge is 0.379 e. The van der Waals surface area contributed by atoms with Gasteiger partial charge in [-0.3, -0.25) is 15.3 Å². The molecule has 2 aliphatic heterocycles. The Hall–Kier alpha value is -3.10. The highest BCUT2D eigenvalue weighted by molar-refractivity contribution is 7.99. The predicted octanol–water partition coefficient (Wildman–Crippen LogP) is 6.66. The van der Waals surface area contributed by atoms with Gasteiger partial charge in [-0.2, -0.15) is 5.10 Å². The molecule has 0 bridgehead atoms. The van der Waals surface area contributed by atoms with Gasteiger partial charge < -0.3 is 9.64 Å². The number of pyridine rings is 1. The third-order valence-corrected chi connectivity index (χ3v) is 8.20. The molecule has 0 saturated carbocycles. The summed E-state index contributed by atoms with van der Waals surface area (Å²) in [5.41, 5.74) is 9.48. The van der Waals surface area contributed by atoms with E-state index in [0.717, 1.165) is 67.3 Å². The van der Waals surface area contributed by atoms with Crippen LogP contribution in [-0.2, 0) is 4.74 Å². The van der Waals surface area contributed by atoms with Crippen LogP contribution in [0.1, 0.15) is 12.5 Å². The van der Waals surface area contributed by atoms with Gasteiger partial charge in [-0.1, -0.05) is 41.6 Å². The van der Waals surface area contributed by atoms with Crippen molar-refractivity contribution in [2.24, 2.45) is 5.10 Å². The number of anilines is 3. The number of nitrogens with zero attached hydrogens (tertiary/aromatic N) is 4. The fourth-order valence-corrected chi connectivity index (χ4v) is 6.03. The van der Waals surface area contributed by atoms with Crippen molar-refractivity contribution in [2.75, 3.05) is 49.7 Å². The summed E-state index contributed by atoms with van der Waals surface area (Å²) in [7, 11) is 0. The second kappa shape index (κ2) is 10.7. The van der Waals surface area contributed by atoms with Crippen molar-refractivity contribution < 1.29 is 4.74 Å². The van der Waals surface area contributed by atoms with Gasteiger partial charge in [0.15, 0.2) is 0 Å². The number of benzene rings is 3. The minimum atomic E-state index is 0.670. The van der Waals surface area contributed by atoms with Crippen molar-refractivity contribution in [3.63, 3.8) is 0 Å². The molecule has 6 rings (SSSR count). The fraction of sp³-hybridized carbons (Fsp3) is 0.241. The molecular formula is C29H28ClN5OS. The van der Waals surface area contributed by atoms with Gasteiger partial charge in [0.05, 0.1) is 41.5 Å². The topological polar surface area (TPSA) is 53.0 Å². The maximum Gasteiger partial charge on any atom is 0.0738 e. The van der Waals surface area contributed by atoms with E-state index < -0.39 is 0 Å². The third kappa shape index (κ3) is 5.18. The maximum atomic E-state index is 6.14. The van der Waals surface area contributed by atoms with Crippen LogP contribution in [0.5, 0.6) is 0 Å². The summed E-state index contributed by atoms with van der Waals surface area (Å²) in [6.45, 7) is 7.57. The molecule has 6 nitrogen and oxygen atoms in total. The van der Waals surface area contributed by atoms with E-state index in [1.54, 1.807) is 6.20 Å². The van der Waals surface area contributed by atoms with E-state index in [4.69, 9.17) is 21.4 Å². The van der Waals surface area contributed by atoms with Crippen LogP contribution in [0.15, 0.2) is 87.8 Å². The molecule has 0 radical (unpaired) electrons. The molecule has 8 heteroatoms. The van der Waals surface area contributed by atoms with Crippen LogP contribution >= 0.6 is 23.4 Å². The summed E-state index contributed by atoms with van der Waals surface area (Å²) in [5.74, 6) is 0. The number of hydrogen-bond acceptors (Lipinski definition) is 7. The highest BCUT2D eigenvalue weighted by Crippen LogP contribution is 2.48. The SMILES string of the molecule is C/C(=N\Nc1ccnc2cc(Cl)ccc12)c1ccc2c(c1)N(CCN1CCOCC1)c1ccccc1S2. The number of hydrazone groups is 1. The number of ether oxygens (including phenoxy) is 1. The molecule has 1 fully saturated rings. The minimum Gasteiger partial charge on any atom is -0.379 e. The summed E-state index contributed by atoms with van der Waals surface area (Å²) < 4.78 is 5.54. The molecular weight excluding hydrogens is 502 g/mol. The Kier molecular flexibility index (Phi) is 7.02. The zero-order chi connectivity index (χ0) is 25.2. The first kappa shape index (κ1) is 24.2. The maximum absolute atomic E-state index is 6.14. The van der Waals surface area contributed by atoms with Crippen LogP contribution in [0.4, 0.5) is 17.1 Å². The van der Waals surface area contributed by atoms with Crippen LogP contribution < -0.4 is 10.3 Å². The van der Waals surface area contributed by atoms with Crippen LogP contribution in [0.3, 0.4) is 0 Å². The van der Waals surface area contributed by atoms with E-state index in [1.165, 1.54) is 21.2 Å². The Labute approximate surface area is 226 Å². The molecule has 0 unspecified atom stereocenters. The highest BCUT2D eigenvalue weighted by atomic mass is 35.5. The molecule has 4 aromatic rings. The van der Waals surface area contributed by atoms with Gasteiger partial charge in [0.2, 0.25) is 0 Å². The molecule has 0 aliphatic carbocycles. The second-order valence-electron chi connectivity index (χ2n) is 9.19. The first-order valence-electron chi connectivity index (χ1n) is 12.5. The third-order valence-electron chi connectivity index (χ3n) is 6.84. The van der Waals surface area contributed by atoms with Gasteiger partial charge >= 0.3 is 0 Å². The van der Waals surface area contributed by atoms with E-state index in [9.17, 15) is 0 Å². The van der Waals surface area contributed by atoms with Crippen LogP contribution in [0.2, 0.25) is 5.02 Å².